The van der Waals surface area contributed by atoms with E-state index >= 15 is 0 Å². The number of aryl methyl sites for hydroxylation is 2. The van der Waals surface area contributed by atoms with Gasteiger partial charge in [0.1, 0.15) is 37.0 Å². The third kappa shape index (κ3) is 5.20. The standard InChI is InChI=1S/C29H28N2O5/c1-18-4-11-24(12-5-18)35-17-25-20(3)36-29(31-25)22-8-6-21(7-9-22)28(32)30-19(2)23-10-13-26-27(16-23)34-15-14-33-26/h4-13,16,19H,14-15,17H2,1-3H3,(H,30,32)/t19-/m1/s1. The van der Waals surface area contributed by atoms with Crippen LogP contribution >= 0.6 is 0 Å². The summed E-state index contributed by atoms with van der Waals surface area (Å²) in [7, 11) is 0. The van der Waals surface area contributed by atoms with Crippen LogP contribution in [0.15, 0.2) is 71.1 Å². The van der Waals surface area contributed by atoms with E-state index in [0.29, 0.717) is 42.8 Å². The van der Waals surface area contributed by atoms with Crippen LogP contribution in [0.2, 0.25) is 0 Å². The Hall–Kier alpha value is -4.26. The molecule has 0 saturated heterocycles. The van der Waals surface area contributed by atoms with E-state index in [1.54, 1.807) is 12.1 Å². The third-order valence-electron chi connectivity index (χ3n) is 6.10. The Morgan fingerprint density at radius 3 is 2.44 bits per heavy atom. The van der Waals surface area contributed by atoms with Crippen LogP contribution in [0.5, 0.6) is 17.2 Å². The fourth-order valence-electron chi connectivity index (χ4n) is 3.93. The lowest BCUT2D eigenvalue weighted by atomic mass is 10.1. The largest absolute Gasteiger partial charge is 0.487 e. The van der Waals surface area contributed by atoms with Crippen molar-refractivity contribution in [1.29, 1.82) is 0 Å². The van der Waals surface area contributed by atoms with Gasteiger partial charge >= 0.3 is 0 Å². The first kappa shape index (κ1) is 23.5. The molecule has 0 saturated carbocycles. The Kier molecular flexibility index (Phi) is 6.62. The molecule has 0 aliphatic carbocycles. The predicted octanol–water partition coefficient (Wildman–Crippen LogP) is 5.80. The van der Waals surface area contributed by atoms with Gasteiger partial charge in [0.05, 0.1) is 6.04 Å². The van der Waals surface area contributed by atoms with Crippen LogP contribution in [-0.2, 0) is 6.61 Å². The Labute approximate surface area is 210 Å². The van der Waals surface area contributed by atoms with E-state index in [1.807, 2.05) is 75.4 Å². The molecular weight excluding hydrogens is 456 g/mol. The maximum Gasteiger partial charge on any atom is 0.251 e. The van der Waals surface area contributed by atoms with E-state index in [1.165, 1.54) is 5.56 Å². The summed E-state index contributed by atoms with van der Waals surface area (Å²) in [5, 5.41) is 3.04. The quantitative estimate of drug-likeness (QED) is 0.357. The van der Waals surface area contributed by atoms with Gasteiger partial charge in [-0.15, -0.1) is 0 Å². The number of nitrogens with zero attached hydrogens (tertiary/aromatic N) is 1. The van der Waals surface area contributed by atoms with Gasteiger partial charge in [0.25, 0.3) is 5.91 Å². The molecule has 1 N–H and O–H groups in total. The second-order valence-corrected chi connectivity index (χ2v) is 8.80. The average Bonchev–Trinajstić information content (AvgIpc) is 3.28. The summed E-state index contributed by atoms with van der Waals surface area (Å²) >= 11 is 0. The van der Waals surface area contributed by atoms with Crippen LogP contribution in [0.3, 0.4) is 0 Å². The van der Waals surface area contributed by atoms with Crippen molar-refractivity contribution in [3.8, 4) is 28.7 Å². The smallest absolute Gasteiger partial charge is 0.251 e. The lowest BCUT2D eigenvalue weighted by Crippen LogP contribution is -2.26. The molecule has 1 atom stereocenters. The highest BCUT2D eigenvalue weighted by Crippen LogP contribution is 2.32. The number of carbonyl (C=O) groups excluding carboxylic acids is 1. The molecule has 1 amide bonds. The van der Waals surface area contributed by atoms with E-state index in [4.69, 9.17) is 18.6 Å². The van der Waals surface area contributed by atoms with Gasteiger partial charge in [-0.25, -0.2) is 4.98 Å². The lowest BCUT2D eigenvalue weighted by molar-refractivity contribution is 0.0939. The molecule has 1 aromatic heterocycles. The fraction of sp³-hybridized carbons (Fsp3) is 0.241. The van der Waals surface area contributed by atoms with Crippen molar-refractivity contribution < 1.29 is 23.4 Å². The van der Waals surface area contributed by atoms with Crippen LogP contribution in [0.25, 0.3) is 11.5 Å². The van der Waals surface area contributed by atoms with Crippen LogP contribution in [0, 0.1) is 13.8 Å². The second kappa shape index (κ2) is 10.2. The summed E-state index contributed by atoms with van der Waals surface area (Å²) in [5.41, 5.74) is 4.20. The average molecular weight is 485 g/mol. The number of benzene rings is 3. The van der Waals surface area contributed by atoms with E-state index in [9.17, 15) is 4.79 Å². The predicted molar refractivity (Wildman–Crippen MR) is 136 cm³/mol. The van der Waals surface area contributed by atoms with Crippen molar-refractivity contribution >= 4 is 5.91 Å². The molecule has 1 aliphatic rings. The summed E-state index contributed by atoms with van der Waals surface area (Å²) in [4.78, 5) is 17.4. The fourth-order valence-corrected chi connectivity index (χ4v) is 3.93. The van der Waals surface area contributed by atoms with Crippen LogP contribution in [0.1, 0.15) is 45.9 Å². The third-order valence-corrected chi connectivity index (χ3v) is 6.10. The van der Waals surface area contributed by atoms with Crippen LogP contribution in [-0.4, -0.2) is 24.1 Å². The minimum Gasteiger partial charge on any atom is -0.487 e. The molecule has 5 rings (SSSR count). The number of hydrogen-bond acceptors (Lipinski definition) is 6. The minimum absolute atomic E-state index is 0.167. The molecule has 0 spiro atoms. The van der Waals surface area contributed by atoms with Crippen molar-refractivity contribution in [3.05, 3.63) is 94.9 Å². The Balaban J connectivity index is 1.22. The van der Waals surface area contributed by atoms with Crippen molar-refractivity contribution in [2.75, 3.05) is 13.2 Å². The molecule has 0 fully saturated rings. The first-order chi connectivity index (χ1) is 17.5. The number of rotatable bonds is 7. The molecule has 1 aliphatic heterocycles. The molecule has 2 heterocycles. The maximum atomic E-state index is 12.8. The van der Waals surface area contributed by atoms with Gasteiger partial charge in [-0.2, -0.15) is 0 Å². The molecule has 4 aromatic rings. The monoisotopic (exact) mass is 484 g/mol. The van der Waals surface area contributed by atoms with Gasteiger partial charge in [0.15, 0.2) is 11.5 Å². The summed E-state index contributed by atoms with van der Waals surface area (Å²) in [6, 6.07) is 20.6. The van der Waals surface area contributed by atoms with Crippen molar-refractivity contribution in [3.63, 3.8) is 0 Å². The number of hydrogen-bond donors (Lipinski definition) is 1. The topological polar surface area (TPSA) is 82.8 Å². The second-order valence-electron chi connectivity index (χ2n) is 8.80. The van der Waals surface area contributed by atoms with Crippen molar-refractivity contribution in [2.45, 2.75) is 33.4 Å². The SMILES string of the molecule is Cc1ccc(OCc2nc(-c3ccc(C(=O)N[C@H](C)c4ccc5c(c4)OCCO5)cc3)oc2C)cc1. The van der Waals surface area contributed by atoms with Gasteiger partial charge in [0.2, 0.25) is 5.89 Å². The van der Waals surface area contributed by atoms with E-state index < -0.39 is 0 Å². The molecule has 7 nitrogen and oxygen atoms in total. The Morgan fingerprint density at radius 1 is 0.972 bits per heavy atom. The summed E-state index contributed by atoms with van der Waals surface area (Å²) in [6.07, 6.45) is 0. The molecule has 0 radical (unpaired) electrons. The van der Waals surface area contributed by atoms with Gasteiger partial charge in [-0.05, 0) is 74.9 Å². The zero-order valence-electron chi connectivity index (χ0n) is 20.5. The highest BCUT2D eigenvalue weighted by Gasteiger charge is 2.17. The zero-order valence-corrected chi connectivity index (χ0v) is 20.5. The van der Waals surface area contributed by atoms with Crippen molar-refractivity contribution in [1.82, 2.24) is 10.3 Å². The molecule has 0 bridgehead atoms. The first-order valence-electron chi connectivity index (χ1n) is 11.9. The van der Waals surface area contributed by atoms with Gasteiger partial charge in [0, 0.05) is 11.1 Å². The summed E-state index contributed by atoms with van der Waals surface area (Å²) in [6.45, 7) is 7.22. The zero-order chi connectivity index (χ0) is 25.1. The van der Waals surface area contributed by atoms with Gasteiger partial charge in [-0.1, -0.05) is 23.8 Å². The Bertz CT molecular complexity index is 1360. The minimum atomic E-state index is -0.196. The first-order valence-corrected chi connectivity index (χ1v) is 11.9. The molecule has 7 heteroatoms. The van der Waals surface area contributed by atoms with Crippen molar-refractivity contribution in [2.24, 2.45) is 0 Å². The molecule has 3 aromatic carbocycles. The number of nitrogens with one attached hydrogen (secondary N) is 1. The number of aromatic nitrogens is 1. The number of ether oxygens (including phenoxy) is 3. The number of oxazole rings is 1. The molecular formula is C29H28N2O5. The van der Waals surface area contributed by atoms with Crippen LogP contribution < -0.4 is 19.5 Å². The van der Waals surface area contributed by atoms with Gasteiger partial charge in [-0.3, -0.25) is 4.79 Å². The van der Waals surface area contributed by atoms with E-state index in [2.05, 4.69) is 10.3 Å². The maximum absolute atomic E-state index is 12.8. The lowest BCUT2D eigenvalue weighted by Gasteiger charge is -2.21. The highest BCUT2D eigenvalue weighted by molar-refractivity contribution is 5.94. The number of carbonyl (C=O) groups is 1. The molecule has 36 heavy (non-hydrogen) atoms. The Morgan fingerprint density at radius 2 is 1.69 bits per heavy atom. The van der Waals surface area contributed by atoms with Gasteiger partial charge < -0.3 is 23.9 Å². The number of amides is 1. The molecule has 184 valence electrons. The van der Waals surface area contributed by atoms with E-state index in [0.717, 1.165) is 28.3 Å². The van der Waals surface area contributed by atoms with Crippen LogP contribution in [0.4, 0.5) is 0 Å². The molecule has 0 unspecified atom stereocenters. The van der Waals surface area contributed by atoms with E-state index in [-0.39, 0.29) is 11.9 Å². The summed E-state index contributed by atoms with van der Waals surface area (Å²) < 4.78 is 22.9. The summed E-state index contributed by atoms with van der Waals surface area (Å²) in [5.74, 6) is 3.24. The number of fused-ring (bicyclic) bond motifs is 1. The highest BCUT2D eigenvalue weighted by atomic mass is 16.6. The normalized spacial score (nSPS) is 13.2.